The van der Waals surface area contributed by atoms with Gasteiger partial charge in [-0.1, -0.05) is 158 Å². The van der Waals surface area contributed by atoms with Crippen molar-refractivity contribution >= 4 is 65.6 Å². The number of para-hydroxylation sites is 3. The Morgan fingerprint density at radius 1 is 0.368 bits per heavy atom. The molecule has 0 saturated carbocycles. The lowest BCUT2D eigenvalue weighted by atomic mass is 10.0. The van der Waals surface area contributed by atoms with E-state index in [1.165, 1.54) is 5.39 Å². The second kappa shape index (κ2) is 12.3. The van der Waals surface area contributed by atoms with Crippen molar-refractivity contribution in [2.45, 2.75) is 0 Å². The van der Waals surface area contributed by atoms with E-state index in [2.05, 4.69) is 130 Å². The summed E-state index contributed by atoms with van der Waals surface area (Å²) in [6.07, 6.45) is 0. The highest BCUT2D eigenvalue weighted by Gasteiger charge is 2.24. The number of benzene rings is 8. The van der Waals surface area contributed by atoms with E-state index >= 15 is 0 Å². The standard InChI is InChI=1S/C51H31N5O/c1-4-15-32(16-5-1)36-23-14-24-41-42-31-35(27-30-45(42)57-48(36)41)55-43-25-12-10-21-37(43)39-28-29-40-38-22-11-13-26-44(38)56(47(40)46(39)55)51-53-49(33-17-6-2-7-18-33)52-50(54-51)34-19-8-3-9-20-34/h1-31H. The van der Waals surface area contributed by atoms with E-state index in [1.807, 2.05) is 66.7 Å². The van der Waals surface area contributed by atoms with Crippen LogP contribution < -0.4 is 0 Å². The van der Waals surface area contributed by atoms with E-state index in [0.29, 0.717) is 17.6 Å². The number of nitrogens with zero attached hydrogens (tertiary/aromatic N) is 5. The maximum absolute atomic E-state index is 6.63. The number of furan rings is 1. The molecule has 0 saturated heterocycles. The first-order valence-electron chi connectivity index (χ1n) is 19.1. The second-order valence-electron chi connectivity index (χ2n) is 14.4. The third kappa shape index (κ3) is 4.81. The molecule has 0 aliphatic heterocycles. The Balaban J connectivity index is 1.19. The van der Waals surface area contributed by atoms with Crippen LogP contribution >= 0.6 is 0 Å². The first-order valence-corrected chi connectivity index (χ1v) is 19.1. The number of aromatic nitrogens is 5. The van der Waals surface area contributed by atoms with Crippen LogP contribution in [0.5, 0.6) is 0 Å². The Kier molecular flexibility index (Phi) is 6.83. The van der Waals surface area contributed by atoms with Gasteiger partial charge in [0.25, 0.3) is 0 Å². The van der Waals surface area contributed by atoms with Crippen LogP contribution in [-0.4, -0.2) is 24.1 Å². The Morgan fingerprint density at radius 2 is 0.895 bits per heavy atom. The lowest BCUT2D eigenvalue weighted by Crippen LogP contribution is -2.07. The smallest absolute Gasteiger partial charge is 0.238 e. The highest BCUT2D eigenvalue weighted by atomic mass is 16.3. The molecule has 6 heteroatoms. The lowest BCUT2D eigenvalue weighted by Gasteiger charge is -2.13. The van der Waals surface area contributed by atoms with Crippen LogP contribution in [0.4, 0.5) is 0 Å². The van der Waals surface area contributed by atoms with Crippen molar-refractivity contribution in [3.8, 4) is 45.5 Å². The predicted octanol–water partition coefficient (Wildman–Crippen LogP) is 13.0. The zero-order chi connectivity index (χ0) is 37.5. The fourth-order valence-electron chi connectivity index (χ4n) is 8.64. The maximum atomic E-state index is 6.63. The quantitative estimate of drug-likeness (QED) is 0.177. The molecule has 6 nitrogen and oxygen atoms in total. The predicted molar refractivity (Wildman–Crippen MR) is 232 cm³/mol. The molecular weight excluding hydrogens is 699 g/mol. The molecule has 0 fully saturated rings. The van der Waals surface area contributed by atoms with E-state index in [4.69, 9.17) is 19.4 Å². The number of hydrogen-bond acceptors (Lipinski definition) is 4. The van der Waals surface area contributed by atoms with Crippen LogP contribution in [0.25, 0.3) is 111 Å². The molecule has 0 spiro atoms. The fraction of sp³-hybridized carbons (Fsp3) is 0. The molecule has 12 rings (SSSR count). The summed E-state index contributed by atoms with van der Waals surface area (Å²) in [5.41, 5.74) is 11.1. The minimum absolute atomic E-state index is 0.558. The van der Waals surface area contributed by atoms with E-state index in [-0.39, 0.29) is 0 Å². The highest BCUT2D eigenvalue weighted by molar-refractivity contribution is 6.24. The Labute approximate surface area is 326 Å². The SMILES string of the molecule is c1ccc(-c2nc(-c3ccccc3)nc(-n3c4ccccc4c4ccc5c6ccccc6n(-c6ccc7oc8c(-c9ccccc9)cccc8c7c6)c5c43)n2)cc1. The van der Waals surface area contributed by atoms with Crippen LogP contribution in [0, 0.1) is 0 Å². The summed E-state index contributed by atoms with van der Waals surface area (Å²) in [6, 6.07) is 65.5. The van der Waals surface area contributed by atoms with Crippen molar-refractivity contribution in [1.29, 1.82) is 0 Å². The molecule has 0 bridgehead atoms. The largest absolute Gasteiger partial charge is 0.455 e. The molecule has 0 N–H and O–H groups in total. The highest BCUT2D eigenvalue weighted by Crippen LogP contribution is 2.43. The first kappa shape index (κ1) is 31.5. The monoisotopic (exact) mass is 729 g/mol. The molecule has 266 valence electrons. The molecule has 8 aromatic carbocycles. The summed E-state index contributed by atoms with van der Waals surface area (Å²) in [4.78, 5) is 15.5. The van der Waals surface area contributed by atoms with E-state index < -0.39 is 0 Å². The summed E-state index contributed by atoms with van der Waals surface area (Å²) in [5, 5.41) is 6.70. The van der Waals surface area contributed by atoms with Crippen LogP contribution in [0.3, 0.4) is 0 Å². The zero-order valence-corrected chi connectivity index (χ0v) is 30.5. The maximum Gasteiger partial charge on any atom is 0.238 e. The van der Waals surface area contributed by atoms with Gasteiger partial charge in [0.05, 0.1) is 22.1 Å². The first-order chi connectivity index (χ1) is 28.3. The van der Waals surface area contributed by atoms with Gasteiger partial charge in [0, 0.05) is 54.7 Å². The van der Waals surface area contributed by atoms with Gasteiger partial charge < -0.3 is 8.98 Å². The third-order valence-corrected chi connectivity index (χ3v) is 11.2. The van der Waals surface area contributed by atoms with E-state index in [1.54, 1.807) is 0 Å². The molecule has 0 atom stereocenters. The topological polar surface area (TPSA) is 61.7 Å². The van der Waals surface area contributed by atoms with Gasteiger partial charge in [-0.25, -0.2) is 4.98 Å². The number of hydrogen-bond donors (Lipinski definition) is 0. The third-order valence-electron chi connectivity index (χ3n) is 11.2. The second-order valence-corrected chi connectivity index (χ2v) is 14.4. The average molecular weight is 730 g/mol. The molecule has 0 amide bonds. The van der Waals surface area contributed by atoms with Gasteiger partial charge >= 0.3 is 0 Å². The minimum atomic E-state index is 0.558. The van der Waals surface area contributed by atoms with Crippen molar-refractivity contribution < 1.29 is 4.42 Å². The molecule has 12 aromatic rings. The van der Waals surface area contributed by atoms with E-state index in [9.17, 15) is 0 Å². The van der Waals surface area contributed by atoms with Crippen LogP contribution in [0.2, 0.25) is 0 Å². The van der Waals surface area contributed by atoms with Gasteiger partial charge in [-0.2, -0.15) is 9.97 Å². The van der Waals surface area contributed by atoms with Crippen LogP contribution in [0.15, 0.2) is 192 Å². The van der Waals surface area contributed by atoms with Gasteiger partial charge in [-0.15, -0.1) is 0 Å². The zero-order valence-electron chi connectivity index (χ0n) is 30.5. The van der Waals surface area contributed by atoms with Crippen molar-refractivity contribution in [3.63, 3.8) is 0 Å². The van der Waals surface area contributed by atoms with Crippen molar-refractivity contribution in [1.82, 2.24) is 24.1 Å². The van der Waals surface area contributed by atoms with Crippen molar-refractivity contribution in [2.24, 2.45) is 0 Å². The summed E-state index contributed by atoms with van der Waals surface area (Å²) >= 11 is 0. The molecule has 4 heterocycles. The molecule has 0 aliphatic carbocycles. The summed E-state index contributed by atoms with van der Waals surface area (Å²) < 4.78 is 11.3. The summed E-state index contributed by atoms with van der Waals surface area (Å²) in [6.45, 7) is 0. The Bertz CT molecular complexity index is 3450. The van der Waals surface area contributed by atoms with Gasteiger partial charge in [0.15, 0.2) is 11.6 Å². The lowest BCUT2D eigenvalue weighted by molar-refractivity contribution is 0.670. The fourth-order valence-corrected chi connectivity index (χ4v) is 8.64. The Morgan fingerprint density at radius 3 is 1.53 bits per heavy atom. The normalized spacial score (nSPS) is 11.9. The molecule has 4 aromatic heterocycles. The Hall–Kier alpha value is -7.83. The average Bonchev–Trinajstić information content (AvgIpc) is 3.95. The van der Waals surface area contributed by atoms with Gasteiger partial charge in [0.1, 0.15) is 11.2 Å². The summed E-state index contributed by atoms with van der Waals surface area (Å²) in [7, 11) is 0. The minimum Gasteiger partial charge on any atom is -0.455 e. The van der Waals surface area contributed by atoms with Gasteiger partial charge in [-0.05, 0) is 35.9 Å². The molecule has 0 unspecified atom stereocenters. The molecule has 0 aliphatic rings. The van der Waals surface area contributed by atoms with Crippen molar-refractivity contribution in [3.05, 3.63) is 188 Å². The number of rotatable bonds is 5. The molecule has 57 heavy (non-hydrogen) atoms. The summed E-state index contributed by atoms with van der Waals surface area (Å²) in [5.74, 6) is 1.79. The molecular formula is C51H31N5O. The van der Waals surface area contributed by atoms with Crippen LogP contribution in [0.1, 0.15) is 0 Å². The van der Waals surface area contributed by atoms with Gasteiger partial charge in [0.2, 0.25) is 5.95 Å². The molecule has 0 radical (unpaired) electrons. The van der Waals surface area contributed by atoms with Crippen LogP contribution in [-0.2, 0) is 0 Å². The number of fused-ring (bicyclic) bond motifs is 10. The van der Waals surface area contributed by atoms with E-state index in [0.717, 1.165) is 88.1 Å². The van der Waals surface area contributed by atoms with Crippen molar-refractivity contribution in [2.75, 3.05) is 0 Å². The van der Waals surface area contributed by atoms with Gasteiger partial charge in [-0.3, -0.25) is 4.57 Å².